The van der Waals surface area contributed by atoms with Gasteiger partial charge in [0, 0.05) is 16.9 Å². The summed E-state index contributed by atoms with van der Waals surface area (Å²) < 4.78 is 0. The van der Waals surface area contributed by atoms with E-state index in [1.807, 2.05) is 27.7 Å². The number of carboxylic acids is 1. The zero-order valence-corrected chi connectivity index (χ0v) is 29.6. The summed E-state index contributed by atoms with van der Waals surface area (Å²) in [6.07, 6.45) is 0. The molecule has 8 heteroatoms. The second-order valence-corrected chi connectivity index (χ2v) is 12.6. The number of aryl methyl sites for hydroxylation is 4. The maximum atomic E-state index is 11.1. The largest absolute Gasteiger partial charge is 1.00 e. The summed E-state index contributed by atoms with van der Waals surface area (Å²) in [5.41, 5.74) is 10.4. The van der Waals surface area contributed by atoms with Gasteiger partial charge in [-0.25, -0.2) is 0 Å². The van der Waals surface area contributed by atoms with Crippen LogP contribution in [0, 0.1) is 27.7 Å². The molecule has 0 saturated heterocycles. The molecule has 4 aromatic rings. The van der Waals surface area contributed by atoms with Crippen LogP contribution in [0.3, 0.4) is 0 Å². The Hall–Kier alpha value is -4.01. The van der Waals surface area contributed by atoms with Gasteiger partial charge in [0.05, 0.1) is 29.4 Å². The van der Waals surface area contributed by atoms with Crippen molar-refractivity contribution in [3.63, 3.8) is 0 Å². The van der Waals surface area contributed by atoms with Crippen molar-refractivity contribution in [3.05, 3.63) is 111 Å². The maximum Gasteiger partial charge on any atom is 1.00 e. The van der Waals surface area contributed by atoms with E-state index in [0.717, 1.165) is 28.3 Å². The molecule has 0 saturated carbocycles. The third kappa shape index (κ3) is 9.50. The van der Waals surface area contributed by atoms with Gasteiger partial charge in [-0.2, -0.15) is 0 Å². The monoisotopic (exact) mass is 669 g/mol. The number of benzene rings is 3. The van der Waals surface area contributed by atoms with E-state index in [9.17, 15) is 20.1 Å². The number of aromatic carboxylic acids is 1. The zero-order valence-electron chi connectivity index (χ0n) is 28.6. The average molecular weight is 670 g/mol. The van der Waals surface area contributed by atoms with Crippen molar-refractivity contribution in [1.82, 2.24) is 4.98 Å². The first-order chi connectivity index (χ1) is 21.1. The second-order valence-electron chi connectivity index (χ2n) is 12.6. The van der Waals surface area contributed by atoms with Crippen LogP contribution in [0.25, 0.3) is 0 Å². The number of rotatable bonds is 9. The van der Waals surface area contributed by atoms with Gasteiger partial charge in [0.25, 0.3) is 0 Å². The van der Waals surface area contributed by atoms with Crippen LogP contribution in [0.2, 0.25) is 0 Å². The Morgan fingerprint density at radius 2 is 1.17 bits per heavy atom. The number of nitrogens with one attached hydrogen (secondary N) is 2. The van der Waals surface area contributed by atoms with E-state index in [1.54, 1.807) is 0 Å². The van der Waals surface area contributed by atoms with Crippen molar-refractivity contribution in [2.24, 2.45) is 0 Å². The van der Waals surface area contributed by atoms with Crippen LogP contribution in [-0.4, -0.2) is 21.2 Å². The predicted octanol–water partition coefficient (Wildman–Crippen LogP) is 8.37. The molecule has 0 amide bonds. The summed E-state index contributed by atoms with van der Waals surface area (Å²) in [5.74, 6) is -2.52. The molecule has 46 heavy (non-hydrogen) atoms. The Labute approximate surface area is 284 Å². The number of carbonyl (C=O) groups excluding carboxylic acids is 1. The summed E-state index contributed by atoms with van der Waals surface area (Å²) in [4.78, 5) is 16.0. The van der Waals surface area contributed by atoms with Crippen LogP contribution in [0.1, 0.15) is 121 Å². The van der Waals surface area contributed by atoms with Crippen LogP contribution in [0.5, 0.6) is 11.5 Å². The quantitative estimate of drug-likeness (QED) is 0.132. The fourth-order valence-electron chi connectivity index (χ4n) is 5.52. The summed E-state index contributed by atoms with van der Waals surface area (Å²) >= 11 is 0. The van der Waals surface area contributed by atoms with E-state index in [0.29, 0.717) is 5.56 Å². The van der Waals surface area contributed by atoms with E-state index >= 15 is 0 Å². The SMILES string of the molecule is CC(C)c1cc(O)c(O)c(C(=O)[O-])c1C(C)C.Cc1ccc(NC(C)c2cccc(C(C)Nc3ccc(C)cc3C)n2)c(C)c1.[Co+]. The number of carboxylic acid groups (broad SMARTS) is 1. The summed E-state index contributed by atoms with van der Waals surface area (Å²) in [6, 6.07) is 20.9. The number of aromatic hydroxyl groups is 2. The summed E-state index contributed by atoms with van der Waals surface area (Å²) in [7, 11) is 0. The fourth-order valence-corrected chi connectivity index (χ4v) is 5.52. The molecule has 3 aromatic carbocycles. The molecule has 2 atom stereocenters. The van der Waals surface area contributed by atoms with Gasteiger partial charge in [-0.05, 0) is 106 Å². The third-order valence-electron chi connectivity index (χ3n) is 7.94. The van der Waals surface area contributed by atoms with Gasteiger partial charge in [-0.15, -0.1) is 0 Å². The van der Waals surface area contributed by atoms with Gasteiger partial charge in [0.1, 0.15) is 0 Å². The molecule has 1 heterocycles. The second kappa shape index (κ2) is 16.5. The number of hydrogen-bond donors (Lipinski definition) is 4. The van der Waals surface area contributed by atoms with Crippen LogP contribution in [-0.2, 0) is 16.8 Å². The normalized spacial score (nSPS) is 12.1. The molecule has 1 aromatic heterocycles. The first-order valence-corrected chi connectivity index (χ1v) is 15.5. The Kier molecular flexibility index (Phi) is 13.7. The van der Waals surface area contributed by atoms with Gasteiger partial charge in [-0.3, -0.25) is 4.98 Å². The number of hydrogen-bond acceptors (Lipinski definition) is 7. The molecule has 0 fully saturated rings. The number of nitrogens with zero attached hydrogens (tertiary/aromatic N) is 1. The zero-order chi connectivity index (χ0) is 33.6. The molecule has 2 unspecified atom stereocenters. The van der Waals surface area contributed by atoms with Crippen LogP contribution >= 0.6 is 0 Å². The topological polar surface area (TPSA) is 118 Å². The van der Waals surface area contributed by atoms with E-state index in [4.69, 9.17) is 4.98 Å². The van der Waals surface area contributed by atoms with E-state index < -0.39 is 17.5 Å². The third-order valence-corrected chi connectivity index (χ3v) is 7.94. The minimum absolute atomic E-state index is 0. The Morgan fingerprint density at radius 3 is 1.54 bits per heavy atom. The Morgan fingerprint density at radius 1 is 0.717 bits per heavy atom. The van der Waals surface area contributed by atoms with Crippen molar-refractivity contribution < 1.29 is 36.9 Å². The molecular weight excluding hydrogens is 621 g/mol. The van der Waals surface area contributed by atoms with E-state index in [-0.39, 0.29) is 46.3 Å². The van der Waals surface area contributed by atoms with Gasteiger partial charge in [0.15, 0.2) is 11.5 Å². The molecule has 4 N–H and O–H groups in total. The van der Waals surface area contributed by atoms with Crippen LogP contribution in [0.4, 0.5) is 11.4 Å². The number of pyridine rings is 1. The van der Waals surface area contributed by atoms with Crippen molar-refractivity contribution in [2.75, 3.05) is 10.6 Å². The maximum absolute atomic E-state index is 11.1. The van der Waals surface area contributed by atoms with Gasteiger partial charge < -0.3 is 30.7 Å². The van der Waals surface area contributed by atoms with Crippen molar-refractivity contribution in [2.45, 2.75) is 93.2 Å². The number of phenolic OH excluding ortho intramolecular Hbond substituents is 1. The summed E-state index contributed by atoms with van der Waals surface area (Å²) in [6.45, 7) is 20.3. The first kappa shape index (κ1) is 38.2. The van der Waals surface area contributed by atoms with Crippen molar-refractivity contribution >= 4 is 17.3 Å². The van der Waals surface area contributed by atoms with Crippen molar-refractivity contribution in [3.8, 4) is 11.5 Å². The molecular formula is C38H48CoN3O4. The van der Waals surface area contributed by atoms with Crippen LogP contribution in [0.15, 0.2) is 60.7 Å². The van der Waals surface area contributed by atoms with Crippen molar-refractivity contribution in [1.29, 1.82) is 0 Å². The van der Waals surface area contributed by atoms with Crippen LogP contribution < -0.4 is 15.7 Å². The molecule has 0 bridgehead atoms. The number of phenols is 2. The molecule has 0 aliphatic rings. The average Bonchev–Trinajstić information content (AvgIpc) is 2.97. The number of aromatic nitrogens is 1. The minimum Gasteiger partial charge on any atom is -0.545 e. The minimum atomic E-state index is -1.47. The Bertz CT molecular complexity index is 1580. The standard InChI is InChI=1S/C25H31N3.C13H18O4.Co/c1-16-10-12-22(18(3)14-16)26-20(5)24-8-7-9-25(28-24)21(6)27-23-13-11-17(2)15-19(23)4;1-6(2)8-5-9(14)12(15)11(13(16)17)10(8)7(3)4;/h7-15,20-21,26-27H,1-6H3;5-7,14-15H,1-4H3,(H,16,17);/q;;+1/p-1. The molecule has 248 valence electrons. The molecule has 0 aliphatic heterocycles. The van der Waals surface area contributed by atoms with E-state index in [1.165, 1.54) is 28.3 Å². The fraction of sp³-hybridized carbons (Fsp3) is 0.368. The summed E-state index contributed by atoms with van der Waals surface area (Å²) in [5, 5.41) is 37.5. The number of carbonyl (C=O) groups is 1. The molecule has 0 aliphatic carbocycles. The predicted molar refractivity (Wildman–Crippen MR) is 182 cm³/mol. The molecule has 0 radical (unpaired) electrons. The Balaban J connectivity index is 0.000000353. The van der Waals surface area contributed by atoms with Gasteiger partial charge in [-0.1, -0.05) is 69.2 Å². The first-order valence-electron chi connectivity index (χ1n) is 15.5. The smallest absolute Gasteiger partial charge is 0.545 e. The molecule has 0 spiro atoms. The van der Waals surface area contributed by atoms with E-state index in [2.05, 4.69) is 107 Å². The number of anilines is 2. The molecule has 7 nitrogen and oxygen atoms in total. The van der Waals surface area contributed by atoms with Gasteiger partial charge >= 0.3 is 16.8 Å². The van der Waals surface area contributed by atoms with Gasteiger partial charge in [0.2, 0.25) is 0 Å². The molecule has 4 rings (SSSR count).